The van der Waals surface area contributed by atoms with E-state index in [0.29, 0.717) is 0 Å². The fourth-order valence-corrected chi connectivity index (χ4v) is 14.5. The van der Waals surface area contributed by atoms with Gasteiger partial charge in [0.05, 0.1) is 77.1 Å². The van der Waals surface area contributed by atoms with Crippen LogP contribution in [-0.2, 0) is 0 Å². The van der Waals surface area contributed by atoms with Crippen molar-refractivity contribution < 1.29 is 0 Å². The van der Waals surface area contributed by atoms with Gasteiger partial charge in [0.2, 0.25) is 0 Å². The third-order valence-electron chi connectivity index (χ3n) is 17.1. The summed E-state index contributed by atoms with van der Waals surface area (Å²) in [7, 11) is 0. The number of para-hydroxylation sites is 1. The molecule has 0 N–H and O–H groups in total. The molecule has 16 rings (SSSR count). The molecule has 6 aromatic heterocycles. The number of rotatable bonds is 6. The minimum absolute atomic E-state index is 0.918. The Balaban J connectivity index is 1.32. The number of hydrogen-bond acceptors (Lipinski definition) is 3. The predicted octanol–water partition coefficient (Wildman–Crippen LogP) is 19.9. The van der Waals surface area contributed by atoms with E-state index in [0.717, 1.165) is 98.8 Å². The summed E-state index contributed by atoms with van der Waals surface area (Å²) in [6.45, 7) is 17.7. The van der Waals surface area contributed by atoms with Crippen LogP contribution >= 0.6 is 11.3 Å². The zero-order valence-corrected chi connectivity index (χ0v) is 47.4. The summed E-state index contributed by atoms with van der Waals surface area (Å²) in [4.78, 5) is 10.9. The van der Waals surface area contributed by atoms with Gasteiger partial charge in [-0.25, -0.2) is 4.98 Å². The number of pyridine rings is 1. The summed E-state index contributed by atoms with van der Waals surface area (Å²) in [5.41, 5.74) is 26.8. The smallest absolute Gasteiger partial charge is 0.127 e. The van der Waals surface area contributed by atoms with Crippen molar-refractivity contribution in [1.82, 2.24) is 28.2 Å². The maximum absolute atomic E-state index is 5.84. The van der Waals surface area contributed by atoms with Crippen LogP contribution in [0.15, 0.2) is 194 Å². The molecular weight excluding hydrogens is 1000 g/mol. The van der Waals surface area contributed by atoms with E-state index in [1.165, 1.54) is 87.6 Å². The van der Waals surface area contributed by atoms with Crippen LogP contribution in [-0.4, -0.2) is 28.2 Å². The highest BCUT2D eigenvalue weighted by Gasteiger charge is 2.36. The van der Waals surface area contributed by atoms with Gasteiger partial charge in [0.15, 0.2) is 0 Å². The van der Waals surface area contributed by atoms with Gasteiger partial charge < -0.3 is 18.3 Å². The molecule has 10 aromatic carbocycles. The third-order valence-corrected chi connectivity index (χ3v) is 18.1. The Labute approximate surface area is 473 Å². The van der Waals surface area contributed by atoms with Crippen molar-refractivity contribution in [1.29, 1.82) is 0 Å². The Kier molecular flexibility index (Phi) is 10.2. The van der Waals surface area contributed by atoms with Gasteiger partial charge in [0, 0.05) is 72.2 Å². The van der Waals surface area contributed by atoms with Crippen molar-refractivity contribution in [2.24, 2.45) is 0 Å². The second-order valence-electron chi connectivity index (χ2n) is 22.9. The van der Waals surface area contributed by atoms with Crippen LogP contribution in [0.2, 0.25) is 0 Å². The lowest BCUT2D eigenvalue weighted by Gasteiger charge is -2.30. The summed E-state index contributed by atoms with van der Waals surface area (Å²) < 4.78 is 11.6. The molecule has 0 saturated carbocycles. The van der Waals surface area contributed by atoms with Gasteiger partial charge in [-0.3, -0.25) is 4.98 Å². The third kappa shape index (κ3) is 6.98. The average molecular weight is 1060 g/mol. The average Bonchev–Trinajstić information content (AvgIpc) is 4.47. The number of benzene rings is 10. The SMILES string of the molecule is Cc1ccc2c(c1)c1cc(C)ccc1n2-c1c(-c2cccnc2)c(-c2nc3ccccc3s2)c(-n2c3ccc(C)cc3c3cc(C)ccc32)c(-n2c3ccc(C)cc3c3cc(C)ccc32)c1-n1c2ccc(C)cc2c2cc(C)ccc21. The Morgan fingerprint density at radius 2 is 0.617 bits per heavy atom. The summed E-state index contributed by atoms with van der Waals surface area (Å²) in [5, 5.41) is 10.5. The summed E-state index contributed by atoms with van der Waals surface area (Å²) >= 11 is 1.76. The molecule has 7 heteroatoms. The maximum Gasteiger partial charge on any atom is 0.127 e. The van der Waals surface area contributed by atoms with E-state index in [9.17, 15) is 0 Å². The number of aromatic nitrogens is 6. The number of nitrogens with zero attached hydrogens (tertiary/aromatic N) is 6. The molecule has 16 aromatic rings. The van der Waals surface area contributed by atoms with Gasteiger partial charge in [-0.05, 0) is 171 Å². The number of hydrogen-bond donors (Lipinski definition) is 0. The maximum atomic E-state index is 5.84. The number of thiazole rings is 1. The van der Waals surface area contributed by atoms with Crippen molar-refractivity contribution >= 4 is 109 Å². The van der Waals surface area contributed by atoms with Crippen LogP contribution in [0.25, 0.3) is 142 Å². The molecule has 0 fully saturated rings. The second-order valence-corrected chi connectivity index (χ2v) is 23.9. The van der Waals surface area contributed by atoms with E-state index in [-0.39, 0.29) is 0 Å². The molecule has 0 aliphatic carbocycles. The molecule has 0 bridgehead atoms. The topological polar surface area (TPSA) is 45.5 Å². The quantitative estimate of drug-likeness (QED) is 0.167. The highest BCUT2D eigenvalue weighted by molar-refractivity contribution is 7.21. The van der Waals surface area contributed by atoms with Gasteiger partial charge in [-0.2, -0.15) is 0 Å². The van der Waals surface area contributed by atoms with E-state index in [1.54, 1.807) is 11.3 Å². The van der Waals surface area contributed by atoms with Crippen LogP contribution in [0.5, 0.6) is 0 Å². The van der Waals surface area contributed by atoms with Crippen molar-refractivity contribution in [2.75, 3.05) is 0 Å². The van der Waals surface area contributed by atoms with Crippen molar-refractivity contribution in [3.8, 4) is 44.4 Å². The monoisotopic (exact) mass is 1060 g/mol. The normalized spacial score (nSPS) is 12.2. The molecule has 6 nitrogen and oxygen atoms in total. The Morgan fingerprint density at radius 3 is 0.926 bits per heavy atom. The molecule has 0 amide bonds. The zero-order chi connectivity index (χ0) is 54.7. The minimum Gasteiger partial charge on any atom is -0.306 e. The van der Waals surface area contributed by atoms with Gasteiger partial charge in [0.25, 0.3) is 0 Å². The molecule has 0 aliphatic heterocycles. The number of fused-ring (bicyclic) bond motifs is 13. The van der Waals surface area contributed by atoms with Gasteiger partial charge >= 0.3 is 0 Å². The van der Waals surface area contributed by atoms with E-state index in [1.807, 2.05) is 6.20 Å². The van der Waals surface area contributed by atoms with E-state index in [2.05, 4.69) is 262 Å². The van der Waals surface area contributed by atoms with Crippen molar-refractivity contribution in [3.63, 3.8) is 0 Å². The fourth-order valence-electron chi connectivity index (χ4n) is 13.5. The minimum atomic E-state index is 0.918. The van der Waals surface area contributed by atoms with Crippen LogP contribution in [0.1, 0.15) is 44.5 Å². The first-order valence-corrected chi connectivity index (χ1v) is 28.8. The predicted molar refractivity (Wildman–Crippen MR) is 344 cm³/mol. The lowest BCUT2D eigenvalue weighted by molar-refractivity contribution is 1.02. The lowest BCUT2D eigenvalue weighted by Crippen LogP contribution is -2.16. The molecular formula is C74H56N6S. The van der Waals surface area contributed by atoms with Crippen LogP contribution in [0.3, 0.4) is 0 Å². The highest BCUT2D eigenvalue weighted by atomic mass is 32.1. The fraction of sp³-hybridized carbons (Fsp3) is 0.108. The molecule has 0 unspecified atom stereocenters. The summed E-state index contributed by atoms with van der Waals surface area (Å²) in [5.74, 6) is 0. The van der Waals surface area contributed by atoms with Crippen LogP contribution < -0.4 is 0 Å². The molecule has 0 atom stereocenters. The first-order valence-electron chi connectivity index (χ1n) is 28.0. The molecule has 0 spiro atoms. The Bertz CT molecular complexity index is 5120. The first kappa shape index (κ1) is 47.4. The molecule has 0 aliphatic rings. The standard InChI is InChI=1S/C74H56N6S/c1-41-15-23-59-50(32-41)51-33-42(2)16-24-60(51)77(59)70-68(49-12-11-31-75-40-49)69(74-76-58-13-9-10-14-67(58)81-74)71(78-61-25-17-43(3)34-52(61)53-35-44(4)18-26-62(53)78)73(80-65-29-21-47(7)38-56(65)57-39-48(8)22-30-66(57)80)72(70)79-63-27-19-45(5)36-54(63)55-37-46(6)20-28-64(55)79/h9-40H,1-8H3. The van der Waals surface area contributed by atoms with Gasteiger partial charge in [-0.15, -0.1) is 11.3 Å². The van der Waals surface area contributed by atoms with Crippen molar-refractivity contribution in [2.45, 2.75) is 55.4 Å². The lowest BCUT2D eigenvalue weighted by atomic mass is 9.92. The van der Waals surface area contributed by atoms with Crippen LogP contribution in [0.4, 0.5) is 0 Å². The molecule has 0 radical (unpaired) electrons. The molecule has 388 valence electrons. The Morgan fingerprint density at radius 1 is 0.309 bits per heavy atom. The zero-order valence-electron chi connectivity index (χ0n) is 46.6. The highest BCUT2D eigenvalue weighted by Crippen LogP contribution is 2.55. The summed E-state index contributed by atoms with van der Waals surface area (Å²) in [6, 6.07) is 69.2. The number of aryl methyl sites for hydroxylation is 8. The summed E-state index contributed by atoms with van der Waals surface area (Å²) in [6.07, 6.45) is 3.98. The molecule has 81 heavy (non-hydrogen) atoms. The Hall–Kier alpha value is -9.56. The van der Waals surface area contributed by atoms with E-state index in [4.69, 9.17) is 9.97 Å². The van der Waals surface area contributed by atoms with Crippen molar-refractivity contribution in [3.05, 3.63) is 239 Å². The molecule has 0 saturated heterocycles. The second kappa shape index (κ2) is 17.5. The van der Waals surface area contributed by atoms with E-state index < -0.39 is 0 Å². The van der Waals surface area contributed by atoms with Gasteiger partial charge in [-0.1, -0.05) is 111 Å². The van der Waals surface area contributed by atoms with Gasteiger partial charge in [0.1, 0.15) is 5.01 Å². The largest absolute Gasteiger partial charge is 0.306 e. The van der Waals surface area contributed by atoms with E-state index >= 15 is 0 Å². The van der Waals surface area contributed by atoms with Crippen LogP contribution in [0, 0.1) is 55.4 Å². The first-order chi connectivity index (χ1) is 39.4. The molecule has 6 heterocycles.